The van der Waals surface area contributed by atoms with Gasteiger partial charge in [-0.1, -0.05) is 12.1 Å². The van der Waals surface area contributed by atoms with Crippen LogP contribution in [0, 0.1) is 0 Å². The molecule has 3 heterocycles. The van der Waals surface area contributed by atoms with E-state index < -0.39 is 11.7 Å². The summed E-state index contributed by atoms with van der Waals surface area (Å²) in [5.74, 6) is 0.112. The lowest BCUT2D eigenvalue weighted by atomic mass is 10.1. The predicted molar refractivity (Wildman–Crippen MR) is 88.9 cm³/mol. The molecule has 4 rings (SSSR count). The van der Waals surface area contributed by atoms with Crippen LogP contribution in [0.25, 0.3) is 27.6 Å². The van der Waals surface area contributed by atoms with E-state index in [-0.39, 0.29) is 5.95 Å². The summed E-state index contributed by atoms with van der Waals surface area (Å²) in [7, 11) is 0. The highest BCUT2D eigenvalue weighted by Gasteiger charge is 2.30. The molecular weight excluding hydrogens is 351 g/mol. The largest absolute Gasteiger partial charge is 0.416 e. The standard InChI is InChI=1S/C16H10F3N5S/c17-16(18,19)10-3-1-9(2-4-10)12-13(11-5-6-21-14(20)22-11)24-7-8-25-15(24)23-12/h1-8H,(H2,20,21,22). The molecule has 0 saturated carbocycles. The van der Waals surface area contributed by atoms with Crippen LogP contribution in [0.3, 0.4) is 0 Å². The van der Waals surface area contributed by atoms with Gasteiger partial charge in [0, 0.05) is 23.3 Å². The molecule has 0 bridgehead atoms. The Kier molecular flexibility index (Phi) is 3.46. The number of alkyl halides is 3. The maximum atomic E-state index is 12.8. The lowest BCUT2D eigenvalue weighted by Gasteiger charge is -2.08. The fourth-order valence-corrected chi connectivity index (χ4v) is 3.27. The minimum absolute atomic E-state index is 0.112. The molecule has 0 spiro atoms. The molecule has 25 heavy (non-hydrogen) atoms. The third-order valence-corrected chi connectivity index (χ3v) is 4.42. The van der Waals surface area contributed by atoms with Crippen molar-refractivity contribution in [3.8, 4) is 22.6 Å². The monoisotopic (exact) mass is 361 g/mol. The Morgan fingerprint density at radius 3 is 2.48 bits per heavy atom. The highest BCUT2D eigenvalue weighted by molar-refractivity contribution is 7.15. The molecule has 0 atom stereocenters. The fourth-order valence-electron chi connectivity index (χ4n) is 2.55. The summed E-state index contributed by atoms with van der Waals surface area (Å²) in [6.07, 6.45) is -1.02. The average Bonchev–Trinajstić information content (AvgIpc) is 3.14. The van der Waals surface area contributed by atoms with Crippen LogP contribution >= 0.6 is 11.3 Å². The highest BCUT2D eigenvalue weighted by Crippen LogP contribution is 2.35. The number of rotatable bonds is 2. The van der Waals surface area contributed by atoms with Gasteiger partial charge < -0.3 is 5.73 Å². The Balaban J connectivity index is 1.90. The van der Waals surface area contributed by atoms with Crippen molar-refractivity contribution in [1.29, 1.82) is 0 Å². The van der Waals surface area contributed by atoms with E-state index in [0.29, 0.717) is 27.6 Å². The topological polar surface area (TPSA) is 69.1 Å². The van der Waals surface area contributed by atoms with Crippen LogP contribution in [0.15, 0.2) is 48.1 Å². The zero-order valence-corrected chi connectivity index (χ0v) is 13.3. The van der Waals surface area contributed by atoms with Crippen LogP contribution in [0.2, 0.25) is 0 Å². The van der Waals surface area contributed by atoms with Gasteiger partial charge in [0.2, 0.25) is 5.95 Å². The minimum Gasteiger partial charge on any atom is -0.368 e. The summed E-state index contributed by atoms with van der Waals surface area (Å²) in [5, 5.41) is 1.87. The van der Waals surface area contributed by atoms with Crippen molar-refractivity contribution in [3.05, 3.63) is 53.7 Å². The number of nitrogens with two attached hydrogens (primary N) is 1. The van der Waals surface area contributed by atoms with Crippen molar-refractivity contribution in [1.82, 2.24) is 19.4 Å². The maximum absolute atomic E-state index is 12.8. The molecule has 0 saturated heterocycles. The number of fused-ring (bicyclic) bond motifs is 1. The van der Waals surface area contributed by atoms with Gasteiger partial charge in [0.15, 0.2) is 4.96 Å². The van der Waals surface area contributed by atoms with Gasteiger partial charge in [-0.3, -0.25) is 4.40 Å². The van der Waals surface area contributed by atoms with E-state index in [2.05, 4.69) is 15.0 Å². The van der Waals surface area contributed by atoms with Gasteiger partial charge in [0.05, 0.1) is 17.0 Å². The van der Waals surface area contributed by atoms with E-state index in [1.807, 2.05) is 16.0 Å². The molecule has 9 heteroatoms. The van der Waals surface area contributed by atoms with Crippen molar-refractivity contribution in [2.45, 2.75) is 6.18 Å². The van der Waals surface area contributed by atoms with E-state index >= 15 is 0 Å². The molecule has 0 radical (unpaired) electrons. The molecule has 0 fully saturated rings. The van der Waals surface area contributed by atoms with E-state index in [9.17, 15) is 13.2 Å². The SMILES string of the molecule is Nc1nccc(-c2c(-c3ccc(C(F)(F)F)cc3)nc3sccn23)n1. The first-order valence-corrected chi connectivity index (χ1v) is 8.03. The molecule has 1 aromatic carbocycles. The molecule has 5 nitrogen and oxygen atoms in total. The molecule has 4 aromatic rings. The van der Waals surface area contributed by atoms with E-state index in [0.717, 1.165) is 12.1 Å². The first kappa shape index (κ1) is 15.6. The number of hydrogen-bond acceptors (Lipinski definition) is 5. The van der Waals surface area contributed by atoms with Crippen LogP contribution in [0.5, 0.6) is 0 Å². The van der Waals surface area contributed by atoms with E-state index in [1.165, 1.54) is 29.7 Å². The molecule has 0 aliphatic rings. The number of thiazole rings is 1. The zero-order valence-electron chi connectivity index (χ0n) is 12.5. The Hall–Kier alpha value is -2.94. The number of hydrogen-bond donors (Lipinski definition) is 1. The highest BCUT2D eigenvalue weighted by atomic mass is 32.1. The number of anilines is 1. The molecule has 0 aliphatic heterocycles. The second-order valence-corrected chi connectivity index (χ2v) is 6.11. The van der Waals surface area contributed by atoms with Gasteiger partial charge in [-0.05, 0) is 18.2 Å². The summed E-state index contributed by atoms with van der Waals surface area (Å²) in [6.45, 7) is 0. The van der Waals surface area contributed by atoms with Crippen LogP contribution in [0.4, 0.5) is 19.1 Å². The minimum atomic E-state index is -4.38. The Morgan fingerprint density at radius 2 is 1.80 bits per heavy atom. The van der Waals surface area contributed by atoms with Crippen LogP contribution in [-0.2, 0) is 6.18 Å². The predicted octanol–water partition coefficient (Wildman–Crippen LogP) is 4.12. The summed E-state index contributed by atoms with van der Waals surface area (Å²) in [6, 6.07) is 6.58. The third kappa shape index (κ3) is 2.72. The van der Waals surface area contributed by atoms with Crippen molar-refractivity contribution in [3.63, 3.8) is 0 Å². The van der Waals surface area contributed by atoms with Crippen molar-refractivity contribution in [2.24, 2.45) is 0 Å². The zero-order chi connectivity index (χ0) is 17.6. The summed E-state index contributed by atoms with van der Waals surface area (Å²) >= 11 is 1.42. The van der Waals surface area contributed by atoms with E-state index in [1.54, 1.807) is 6.07 Å². The molecule has 3 aromatic heterocycles. The van der Waals surface area contributed by atoms with Gasteiger partial charge in [-0.15, -0.1) is 11.3 Å². The lowest BCUT2D eigenvalue weighted by molar-refractivity contribution is -0.137. The number of imidazole rings is 1. The Labute approximate surface area is 143 Å². The molecular formula is C16H10F3N5S. The molecule has 0 amide bonds. The quantitative estimate of drug-likeness (QED) is 0.583. The summed E-state index contributed by atoms with van der Waals surface area (Å²) in [5.41, 5.74) is 7.28. The first-order valence-electron chi connectivity index (χ1n) is 7.15. The van der Waals surface area contributed by atoms with Crippen LogP contribution < -0.4 is 5.73 Å². The van der Waals surface area contributed by atoms with Gasteiger partial charge in [0.1, 0.15) is 5.69 Å². The normalized spacial score (nSPS) is 12.0. The van der Waals surface area contributed by atoms with Crippen LogP contribution in [0.1, 0.15) is 5.56 Å². The lowest BCUT2D eigenvalue weighted by Crippen LogP contribution is -2.04. The number of halogens is 3. The number of nitrogen functional groups attached to an aromatic ring is 1. The second kappa shape index (κ2) is 5.55. The van der Waals surface area contributed by atoms with Gasteiger partial charge in [-0.2, -0.15) is 13.2 Å². The Morgan fingerprint density at radius 1 is 1.04 bits per heavy atom. The van der Waals surface area contributed by atoms with Crippen molar-refractivity contribution < 1.29 is 13.2 Å². The number of benzene rings is 1. The molecule has 2 N–H and O–H groups in total. The Bertz CT molecular complexity index is 1050. The first-order chi connectivity index (χ1) is 11.9. The van der Waals surface area contributed by atoms with Crippen molar-refractivity contribution in [2.75, 3.05) is 5.73 Å². The smallest absolute Gasteiger partial charge is 0.368 e. The third-order valence-electron chi connectivity index (χ3n) is 3.66. The molecule has 0 aliphatic carbocycles. The van der Waals surface area contributed by atoms with Gasteiger partial charge in [0.25, 0.3) is 0 Å². The fraction of sp³-hybridized carbons (Fsp3) is 0.0625. The van der Waals surface area contributed by atoms with Crippen molar-refractivity contribution >= 4 is 22.2 Å². The summed E-state index contributed by atoms with van der Waals surface area (Å²) < 4.78 is 40.2. The number of nitrogens with zero attached hydrogens (tertiary/aromatic N) is 4. The molecule has 0 unspecified atom stereocenters. The van der Waals surface area contributed by atoms with E-state index in [4.69, 9.17) is 5.73 Å². The maximum Gasteiger partial charge on any atom is 0.416 e. The summed E-state index contributed by atoms with van der Waals surface area (Å²) in [4.78, 5) is 13.3. The molecule has 126 valence electrons. The van der Waals surface area contributed by atoms with Gasteiger partial charge >= 0.3 is 6.18 Å². The van der Waals surface area contributed by atoms with Crippen LogP contribution in [-0.4, -0.2) is 19.4 Å². The average molecular weight is 361 g/mol. The second-order valence-electron chi connectivity index (χ2n) is 5.24. The van der Waals surface area contributed by atoms with Gasteiger partial charge in [-0.25, -0.2) is 15.0 Å². The number of aromatic nitrogens is 4.